The van der Waals surface area contributed by atoms with Gasteiger partial charge in [-0.3, -0.25) is 4.90 Å². The Labute approximate surface area is 244 Å². The van der Waals surface area contributed by atoms with Crippen molar-refractivity contribution in [3.63, 3.8) is 0 Å². The molecule has 2 aromatic carbocycles. The van der Waals surface area contributed by atoms with Crippen LogP contribution in [0.4, 0.5) is 19.0 Å². The van der Waals surface area contributed by atoms with Gasteiger partial charge in [-0.25, -0.2) is 22.9 Å². The van der Waals surface area contributed by atoms with Crippen LogP contribution in [0, 0.1) is 28.8 Å². The van der Waals surface area contributed by atoms with Gasteiger partial charge in [-0.05, 0) is 42.8 Å². The molecule has 0 spiro atoms. The van der Waals surface area contributed by atoms with Crippen LogP contribution in [0.15, 0.2) is 42.5 Å². The molecule has 2 aliphatic rings. The summed E-state index contributed by atoms with van der Waals surface area (Å²) in [5, 5.41) is 18.3. The van der Waals surface area contributed by atoms with E-state index in [1.807, 2.05) is 15.5 Å². The first-order chi connectivity index (χ1) is 20.8. The normalized spacial score (nSPS) is 17.1. The number of hydrogen-bond donors (Lipinski definition) is 1. The smallest absolute Gasteiger partial charge is 0.335 e. The molecule has 2 aromatic heterocycles. The van der Waals surface area contributed by atoms with Gasteiger partial charge in [0.25, 0.3) is 5.88 Å². The Morgan fingerprint density at radius 2 is 1.84 bits per heavy atom. The van der Waals surface area contributed by atoms with Gasteiger partial charge in [0.2, 0.25) is 0 Å². The quantitative estimate of drug-likeness (QED) is 0.307. The molecular weight excluding hydrogens is 565 g/mol. The molecule has 1 atom stereocenters. The Morgan fingerprint density at radius 1 is 1.05 bits per heavy atom. The van der Waals surface area contributed by atoms with E-state index in [4.69, 9.17) is 14.7 Å². The molecular formula is C30H27F3N6O4. The monoisotopic (exact) mass is 592 g/mol. The lowest BCUT2D eigenvalue weighted by molar-refractivity contribution is -0.0592. The highest BCUT2D eigenvalue weighted by Gasteiger charge is 2.26. The summed E-state index contributed by atoms with van der Waals surface area (Å²) in [6, 6.07) is 11.1. The summed E-state index contributed by atoms with van der Waals surface area (Å²) in [4.78, 5) is 24.6. The number of pyridine rings is 1. The Hall–Kier alpha value is -4.67. The van der Waals surface area contributed by atoms with E-state index in [9.17, 15) is 23.1 Å². The molecule has 2 aliphatic heterocycles. The van der Waals surface area contributed by atoms with Crippen molar-refractivity contribution in [2.75, 3.05) is 37.7 Å². The maximum atomic E-state index is 14.8. The van der Waals surface area contributed by atoms with Crippen molar-refractivity contribution in [1.29, 1.82) is 5.26 Å². The summed E-state index contributed by atoms with van der Waals surface area (Å²) < 4.78 is 56.5. The summed E-state index contributed by atoms with van der Waals surface area (Å²) in [7, 11) is 0. The van der Waals surface area contributed by atoms with Crippen molar-refractivity contribution in [3.05, 3.63) is 82.4 Å². The van der Waals surface area contributed by atoms with Gasteiger partial charge in [-0.1, -0.05) is 6.07 Å². The number of ether oxygens (including phenoxy) is 2. The van der Waals surface area contributed by atoms with E-state index in [1.165, 1.54) is 24.3 Å². The first-order valence-corrected chi connectivity index (χ1v) is 13.8. The lowest BCUT2D eigenvalue weighted by Crippen LogP contribution is -2.46. The van der Waals surface area contributed by atoms with E-state index in [1.54, 1.807) is 6.07 Å². The number of carbonyl (C=O) groups is 1. The molecule has 0 radical (unpaired) electrons. The fourth-order valence-electron chi connectivity index (χ4n) is 5.22. The molecule has 4 aromatic rings. The standard InChI is InChI=1S/C30H27F3N6O4/c31-22-3-4-26(36-29(22)43-17-19-2-1-18(14-34)11-23(19)32)38-8-6-37(7-9-38)16-27-35-28-24(33)12-20(30(40)41)13-25(28)39(27)15-21-5-10-42-21/h1-4,11-13,21H,5-10,15-17H2,(H,40,41)/t21-/m0/s1. The third-order valence-electron chi connectivity index (χ3n) is 7.72. The second-order valence-electron chi connectivity index (χ2n) is 10.5. The van der Waals surface area contributed by atoms with Crippen molar-refractivity contribution in [2.24, 2.45) is 0 Å². The molecule has 0 unspecified atom stereocenters. The molecule has 0 saturated carbocycles. The van der Waals surface area contributed by atoms with Crippen LogP contribution in [0.5, 0.6) is 5.88 Å². The van der Waals surface area contributed by atoms with Crippen LogP contribution < -0.4 is 9.64 Å². The average molecular weight is 593 g/mol. The Bertz CT molecular complexity index is 1730. The van der Waals surface area contributed by atoms with Crippen LogP contribution >= 0.6 is 0 Å². The average Bonchev–Trinajstić information content (AvgIpc) is 3.32. The van der Waals surface area contributed by atoms with Gasteiger partial charge < -0.3 is 24.0 Å². The van der Waals surface area contributed by atoms with Gasteiger partial charge in [-0.2, -0.15) is 10.2 Å². The number of piperazine rings is 1. The first kappa shape index (κ1) is 28.4. The van der Waals surface area contributed by atoms with Crippen LogP contribution in [0.2, 0.25) is 0 Å². The lowest BCUT2D eigenvalue weighted by Gasteiger charge is -2.35. The number of carboxylic acids is 1. The molecule has 2 fully saturated rings. The van der Waals surface area contributed by atoms with Gasteiger partial charge in [0.05, 0.1) is 41.9 Å². The van der Waals surface area contributed by atoms with Gasteiger partial charge in [0.1, 0.15) is 29.6 Å². The zero-order valence-corrected chi connectivity index (χ0v) is 23.0. The van der Waals surface area contributed by atoms with Crippen molar-refractivity contribution in [1.82, 2.24) is 19.4 Å². The lowest BCUT2D eigenvalue weighted by atomic mass is 10.1. The number of aromatic carboxylic acids is 1. The van der Waals surface area contributed by atoms with Crippen molar-refractivity contribution < 1.29 is 32.5 Å². The molecule has 222 valence electrons. The van der Waals surface area contributed by atoms with Crippen molar-refractivity contribution in [2.45, 2.75) is 32.2 Å². The Morgan fingerprint density at radius 3 is 2.51 bits per heavy atom. The largest absolute Gasteiger partial charge is 0.478 e. The number of fused-ring (bicyclic) bond motifs is 1. The maximum Gasteiger partial charge on any atom is 0.335 e. The predicted octanol–water partition coefficient (Wildman–Crippen LogP) is 4.11. The summed E-state index contributed by atoms with van der Waals surface area (Å²) in [6.07, 6.45) is 0.816. The van der Waals surface area contributed by atoms with E-state index in [0.717, 1.165) is 18.6 Å². The predicted molar refractivity (Wildman–Crippen MR) is 148 cm³/mol. The zero-order chi connectivity index (χ0) is 30.1. The fraction of sp³-hybridized carbons (Fsp3) is 0.333. The second kappa shape index (κ2) is 11.9. The SMILES string of the molecule is N#Cc1ccc(COc2nc(N3CCN(Cc4nc5c(F)cc(C(=O)O)cc5n4C[C@@H]4CCO4)CC3)ccc2F)c(F)c1. The minimum absolute atomic E-state index is 0.0427. The van der Waals surface area contributed by atoms with Gasteiger partial charge >= 0.3 is 5.97 Å². The summed E-state index contributed by atoms with van der Waals surface area (Å²) >= 11 is 0. The number of nitrogens with zero attached hydrogens (tertiary/aromatic N) is 6. The van der Waals surface area contributed by atoms with E-state index in [-0.39, 0.29) is 40.8 Å². The fourth-order valence-corrected chi connectivity index (χ4v) is 5.22. The summed E-state index contributed by atoms with van der Waals surface area (Å²) in [5.41, 5.74) is 0.759. The highest BCUT2D eigenvalue weighted by atomic mass is 19.1. The molecule has 43 heavy (non-hydrogen) atoms. The van der Waals surface area contributed by atoms with Gasteiger partial charge in [0.15, 0.2) is 11.6 Å². The molecule has 2 saturated heterocycles. The first-order valence-electron chi connectivity index (χ1n) is 13.8. The van der Waals surface area contributed by atoms with E-state index >= 15 is 0 Å². The molecule has 0 bridgehead atoms. The van der Waals surface area contributed by atoms with Gasteiger partial charge in [0, 0.05) is 38.3 Å². The van der Waals surface area contributed by atoms with E-state index in [0.29, 0.717) is 63.0 Å². The van der Waals surface area contributed by atoms with Crippen LogP contribution in [-0.2, 0) is 24.4 Å². The zero-order valence-electron chi connectivity index (χ0n) is 23.0. The maximum absolute atomic E-state index is 14.8. The molecule has 13 heteroatoms. The van der Waals surface area contributed by atoms with Gasteiger partial charge in [-0.15, -0.1) is 0 Å². The van der Waals surface area contributed by atoms with Crippen LogP contribution in [0.3, 0.4) is 0 Å². The van der Waals surface area contributed by atoms with Crippen LogP contribution in [-0.4, -0.2) is 69.4 Å². The molecule has 6 rings (SSSR count). The number of anilines is 1. The molecule has 0 amide bonds. The van der Waals surface area contributed by atoms with E-state index < -0.39 is 23.4 Å². The van der Waals surface area contributed by atoms with Crippen molar-refractivity contribution >= 4 is 22.8 Å². The molecule has 4 heterocycles. The molecule has 1 N–H and O–H groups in total. The number of nitriles is 1. The van der Waals surface area contributed by atoms with Crippen molar-refractivity contribution in [3.8, 4) is 11.9 Å². The number of carboxylic acid groups (broad SMARTS) is 1. The number of aromatic nitrogens is 3. The minimum Gasteiger partial charge on any atom is -0.478 e. The van der Waals surface area contributed by atoms with Crippen LogP contribution in [0.25, 0.3) is 11.0 Å². The molecule has 0 aliphatic carbocycles. The third kappa shape index (κ3) is 5.97. The number of hydrogen-bond acceptors (Lipinski definition) is 8. The third-order valence-corrected chi connectivity index (χ3v) is 7.72. The topological polar surface area (TPSA) is 117 Å². The van der Waals surface area contributed by atoms with E-state index in [2.05, 4.69) is 14.9 Å². The number of halogens is 3. The highest BCUT2D eigenvalue weighted by molar-refractivity contribution is 5.92. The number of rotatable bonds is 9. The second-order valence-corrected chi connectivity index (χ2v) is 10.5. The summed E-state index contributed by atoms with van der Waals surface area (Å²) in [5.74, 6) is -2.32. The minimum atomic E-state index is -1.21. The molecule has 10 nitrogen and oxygen atoms in total. The Kier molecular flexibility index (Phi) is 7.88. The highest BCUT2D eigenvalue weighted by Crippen LogP contribution is 2.27. The Balaban J connectivity index is 1.14. The number of benzene rings is 2. The summed E-state index contributed by atoms with van der Waals surface area (Å²) in [6.45, 7) is 3.61. The number of imidazole rings is 1. The van der Waals surface area contributed by atoms with Crippen LogP contribution in [0.1, 0.15) is 33.7 Å².